The molecule has 0 heterocycles. The number of likely N-dealkylation sites (N-methyl/N-ethyl adjacent to an activating group) is 1. The lowest BCUT2D eigenvalue weighted by Gasteiger charge is -2.27. The molecule has 1 N–H and O–H groups in total. The Morgan fingerprint density at radius 1 is 1.25 bits per heavy atom. The third-order valence-electron chi connectivity index (χ3n) is 3.97. The van der Waals surface area contributed by atoms with E-state index in [-0.39, 0.29) is 24.2 Å². The lowest BCUT2D eigenvalue weighted by atomic mass is 10.0. The summed E-state index contributed by atoms with van der Waals surface area (Å²) < 4.78 is 13.6. The molecule has 0 radical (unpaired) electrons. The summed E-state index contributed by atoms with van der Waals surface area (Å²) in [6.45, 7) is 4.80. The van der Waals surface area contributed by atoms with Crippen LogP contribution in [0.15, 0.2) is 48.5 Å². The Kier molecular flexibility index (Phi) is 6.05. The first kappa shape index (κ1) is 17.6. The normalized spacial score (nSPS) is 11.8. The van der Waals surface area contributed by atoms with Crippen molar-refractivity contribution in [1.29, 1.82) is 5.26 Å². The maximum Gasteiger partial charge on any atom is 0.238 e. The zero-order valence-corrected chi connectivity index (χ0v) is 13.8. The van der Waals surface area contributed by atoms with Crippen LogP contribution in [0, 0.1) is 17.1 Å². The van der Waals surface area contributed by atoms with Crippen LogP contribution in [0.5, 0.6) is 0 Å². The molecule has 0 fully saturated rings. The van der Waals surface area contributed by atoms with Crippen molar-refractivity contribution in [2.45, 2.75) is 19.9 Å². The zero-order chi connectivity index (χ0) is 17.5. The van der Waals surface area contributed by atoms with Gasteiger partial charge in [0, 0.05) is 6.04 Å². The summed E-state index contributed by atoms with van der Waals surface area (Å²) in [6, 6.07) is 15.5. The molecule has 24 heavy (non-hydrogen) atoms. The highest BCUT2D eigenvalue weighted by Crippen LogP contribution is 2.20. The summed E-state index contributed by atoms with van der Waals surface area (Å²) in [6.07, 6.45) is 0. The Hall–Kier alpha value is -2.71. The third-order valence-corrected chi connectivity index (χ3v) is 3.97. The highest BCUT2D eigenvalue weighted by Gasteiger charge is 2.18. The van der Waals surface area contributed by atoms with Gasteiger partial charge in [0.25, 0.3) is 0 Å². The van der Waals surface area contributed by atoms with E-state index < -0.39 is 5.82 Å². The maximum absolute atomic E-state index is 13.6. The third kappa shape index (κ3) is 4.40. The second-order valence-corrected chi connectivity index (χ2v) is 5.50. The van der Waals surface area contributed by atoms with E-state index in [1.807, 2.05) is 30.9 Å². The summed E-state index contributed by atoms with van der Waals surface area (Å²) >= 11 is 0. The Bertz CT molecular complexity index is 737. The van der Waals surface area contributed by atoms with Crippen LogP contribution in [-0.2, 0) is 4.79 Å². The van der Waals surface area contributed by atoms with Crippen LogP contribution in [0.4, 0.5) is 10.1 Å². The number of nitrogens with zero attached hydrogens (tertiary/aromatic N) is 2. The zero-order valence-electron chi connectivity index (χ0n) is 13.8. The minimum Gasteiger partial charge on any atom is -0.322 e. The van der Waals surface area contributed by atoms with Gasteiger partial charge in [0.05, 0.1) is 23.9 Å². The highest BCUT2D eigenvalue weighted by atomic mass is 19.1. The number of nitrogens with one attached hydrogen (secondary N) is 1. The SMILES string of the molecule is CCN(CC(=O)Nc1ccccc1F)C(C)c1ccc(C#N)cc1. The van der Waals surface area contributed by atoms with E-state index in [0.717, 1.165) is 5.56 Å². The fourth-order valence-electron chi connectivity index (χ4n) is 2.51. The second kappa shape index (κ2) is 8.23. The molecule has 4 nitrogen and oxygen atoms in total. The molecule has 5 heteroatoms. The van der Waals surface area contributed by atoms with E-state index in [4.69, 9.17) is 5.26 Å². The summed E-state index contributed by atoms with van der Waals surface area (Å²) in [5, 5.41) is 11.5. The fourth-order valence-corrected chi connectivity index (χ4v) is 2.51. The number of anilines is 1. The highest BCUT2D eigenvalue weighted by molar-refractivity contribution is 5.92. The molecule has 1 atom stereocenters. The first-order chi connectivity index (χ1) is 11.5. The summed E-state index contributed by atoms with van der Waals surface area (Å²) in [5.74, 6) is -0.712. The Morgan fingerprint density at radius 2 is 1.92 bits per heavy atom. The van der Waals surface area contributed by atoms with Gasteiger partial charge in [-0.2, -0.15) is 5.26 Å². The Balaban J connectivity index is 2.03. The van der Waals surface area contributed by atoms with Crippen molar-refractivity contribution >= 4 is 11.6 Å². The van der Waals surface area contributed by atoms with Crippen molar-refractivity contribution in [1.82, 2.24) is 4.90 Å². The number of para-hydroxylation sites is 1. The van der Waals surface area contributed by atoms with Gasteiger partial charge in [0.15, 0.2) is 0 Å². The lowest BCUT2D eigenvalue weighted by molar-refractivity contribution is -0.117. The largest absolute Gasteiger partial charge is 0.322 e. The van der Waals surface area contributed by atoms with Crippen molar-refractivity contribution in [2.24, 2.45) is 0 Å². The summed E-state index contributed by atoms with van der Waals surface area (Å²) in [7, 11) is 0. The number of carbonyl (C=O) groups is 1. The second-order valence-electron chi connectivity index (χ2n) is 5.50. The molecule has 1 unspecified atom stereocenters. The van der Waals surface area contributed by atoms with Crippen molar-refractivity contribution in [2.75, 3.05) is 18.4 Å². The summed E-state index contributed by atoms with van der Waals surface area (Å²) in [5.41, 5.74) is 1.81. The van der Waals surface area contributed by atoms with E-state index in [9.17, 15) is 9.18 Å². The van der Waals surface area contributed by atoms with Gasteiger partial charge in [-0.3, -0.25) is 9.69 Å². The van der Waals surface area contributed by atoms with Crippen molar-refractivity contribution in [3.8, 4) is 6.07 Å². The molecule has 0 saturated heterocycles. The predicted octanol–water partition coefficient (Wildman–Crippen LogP) is 3.72. The topological polar surface area (TPSA) is 56.1 Å². The van der Waals surface area contributed by atoms with Gasteiger partial charge in [0.1, 0.15) is 5.82 Å². The Morgan fingerprint density at radius 3 is 2.50 bits per heavy atom. The van der Waals surface area contributed by atoms with Gasteiger partial charge in [-0.15, -0.1) is 0 Å². The first-order valence-corrected chi connectivity index (χ1v) is 7.83. The minimum atomic E-state index is -0.450. The lowest BCUT2D eigenvalue weighted by Crippen LogP contribution is -2.35. The fraction of sp³-hybridized carbons (Fsp3) is 0.263. The number of nitriles is 1. The predicted molar refractivity (Wildman–Crippen MR) is 91.8 cm³/mol. The van der Waals surface area contributed by atoms with Gasteiger partial charge < -0.3 is 5.32 Å². The van der Waals surface area contributed by atoms with Crippen LogP contribution in [-0.4, -0.2) is 23.9 Å². The van der Waals surface area contributed by atoms with Crippen LogP contribution in [0.2, 0.25) is 0 Å². The van der Waals surface area contributed by atoms with Gasteiger partial charge in [-0.1, -0.05) is 31.2 Å². The summed E-state index contributed by atoms with van der Waals surface area (Å²) in [4.78, 5) is 14.2. The van der Waals surface area contributed by atoms with Crippen LogP contribution < -0.4 is 5.32 Å². The Labute approximate surface area is 141 Å². The quantitative estimate of drug-likeness (QED) is 0.880. The molecule has 0 saturated carbocycles. The van der Waals surface area contributed by atoms with E-state index in [0.29, 0.717) is 12.1 Å². The average molecular weight is 325 g/mol. The van der Waals surface area contributed by atoms with Gasteiger partial charge in [0.2, 0.25) is 5.91 Å². The van der Waals surface area contributed by atoms with Crippen molar-refractivity contribution < 1.29 is 9.18 Å². The minimum absolute atomic E-state index is 0.00844. The van der Waals surface area contributed by atoms with Gasteiger partial charge in [-0.05, 0) is 43.3 Å². The molecule has 0 aliphatic carbocycles. The van der Waals surface area contributed by atoms with E-state index in [1.165, 1.54) is 12.1 Å². The van der Waals surface area contributed by atoms with Crippen molar-refractivity contribution in [3.05, 3.63) is 65.5 Å². The van der Waals surface area contributed by atoms with Crippen LogP contribution in [0.25, 0.3) is 0 Å². The number of hydrogen-bond donors (Lipinski definition) is 1. The van der Waals surface area contributed by atoms with Crippen molar-refractivity contribution in [3.63, 3.8) is 0 Å². The molecule has 124 valence electrons. The molecule has 1 amide bonds. The molecule has 0 spiro atoms. The molecule has 0 bridgehead atoms. The number of carbonyl (C=O) groups excluding carboxylic acids is 1. The average Bonchev–Trinajstić information content (AvgIpc) is 2.61. The number of halogens is 1. The van der Waals surface area contributed by atoms with E-state index in [1.54, 1.807) is 24.3 Å². The van der Waals surface area contributed by atoms with Gasteiger partial charge >= 0.3 is 0 Å². The molecule has 0 aromatic heterocycles. The monoisotopic (exact) mass is 325 g/mol. The molecular weight excluding hydrogens is 305 g/mol. The maximum atomic E-state index is 13.6. The van der Waals surface area contributed by atoms with Gasteiger partial charge in [-0.25, -0.2) is 4.39 Å². The van der Waals surface area contributed by atoms with E-state index in [2.05, 4.69) is 11.4 Å². The number of amides is 1. The number of rotatable bonds is 6. The van der Waals surface area contributed by atoms with E-state index >= 15 is 0 Å². The molecule has 0 aliphatic rings. The molecular formula is C19H20FN3O. The molecule has 2 aromatic rings. The van der Waals surface area contributed by atoms with Crippen LogP contribution in [0.1, 0.15) is 31.0 Å². The van der Waals surface area contributed by atoms with Crippen LogP contribution >= 0.6 is 0 Å². The number of benzene rings is 2. The molecule has 2 rings (SSSR count). The number of hydrogen-bond acceptors (Lipinski definition) is 3. The standard InChI is InChI=1S/C19H20FN3O/c1-3-23(14(2)16-10-8-15(12-21)9-11-16)13-19(24)22-18-7-5-4-6-17(18)20/h4-11,14H,3,13H2,1-2H3,(H,22,24). The van der Waals surface area contributed by atoms with Crippen LogP contribution in [0.3, 0.4) is 0 Å². The first-order valence-electron chi connectivity index (χ1n) is 7.83. The smallest absolute Gasteiger partial charge is 0.238 e. The molecule has 2 aromatic carbocycles. The molecule has 0 aliphatic heterocycles.